The summed E-state index contributed by atoms with van der Waals surface area (Å²) in [6, 6.07) is 12.6. The molecule has 0 fully saturated rings. The fourth-order valence-electron chi connectivity index (χ4n) is 2.65. The van der Waals surface area contributed by atoms with Gasteiger partial charge in [-0.25, -0.2) is 5.43 Å². The average Bonchev–Trinajstić information content (AvgIpc) is 2.84. The van der Waals surface area contributed by atoms with Crippen LogP contribution in [0.1, 0.15) is 6.92 Å². The number of para-hydroxylation sites is 1. The van der Waals surface area contributed by atoms with Gasteiger partial charge < -0.3 is 5.32 Å². The molecule has 130 valence electrons. The Morgan fingerprint density at radius 3 is 2.56 bits per heavy atom. The SMILES string of the molecule is CN1NC(C)(C(=O)Nc2ccccc2-c2ccc(Cl)c(Cl)c2)C=C1F. The number of nitrogens with zero attached hydrogens (tertiary/aromatic N) is 1. The van der Waals surface area contributed by atoms with Crippen molar-refractivity contribution in [3.63, 3.8) is 0 Å². The Balaban J connectivity index is 1.92. The second-order valence-electron chi connectivity index (χ2n) is 5.97. The third kappa shape index (κ3) is 3.49. The molecule has 25 heavy (non-hydrogen) atoms. The van der Waals surface area contributed by atoms with Crippen LogP contribution in [0, 0.1) is 0 Å². The predicted octanol–water partition coefficient (Wildman–Crippen LogP) is 4.62. The lowest BCUT2D eigenvalue weighted by atomic mass is 10.0. The smallest absolute Gasteiger partial charge is 0.250 e. The second-order valence-corrected chi connectivity index (χ2v) is 6.78. The Morgan fingerprint density at radius 2 is 1.92 bits per heavy atom. The van der Waals surface area contributed by atoms with Crippen molar-refractivity contribution in [1.82, 2.24) is 10.4 Å². The first-order valence-corrected chi connectivity index (χ1v) is 8.31. The maximum absolute atomic E-state index is 13.7. The lowest BCUT2D eigenvalue weighted by molar-refractivity contribution is -0.120. The standard InChI is InChI=1S/C18H16Cl2FN3O/c1-18(10-16(21)24(2)23-18)17(25)22-15-6-4-3-5-12(15)11-7-8-13(19)14(20)9-11/h3-10,23H,1-2H3,(H,22,25). The van der Waals surface area contributed by atoms with Gasteiger partial charge >= 0.3 is 0 Å². The minimum absolute atomic E-state index is 0.375. The minimum Gasteiger partial charge on any atom is -0.324 e. The van der Waals surface area contributed by atoms with Gasteiger partial charge in [-0.15, -0.1) is 0 Å². The van der Waals surface area contributed by atoms with E-state index in [1.807, 2.05) is 24.3 Å². The maximum Gasteiger partial charge on any atom is 0.250 e. The number of amides is 1. The number of halogens is 3. The van der Waals surface area contributed by atoms with E-state index < -0.39 is 11.5 Å². The van der Waals surface area contributed by atoms with Crippen LogP contribution in [0.15, 0.2) is 54.5 Å². The molecule has 1 heterocycles. The quantitative estimate of drug-likeness (QED) is 0.764. The van der Waals surface area contributed by atoms with E-state index >= 15 is 0 Å². The first-order chi connectivity index (χ1) is 11.8. The van der Waals surface area contributed by atoms with Crippen molar-refractivity contribution in [1.29, 1.82) is 0 Å². The van der Waals surface area contributed by atoms with Crippen LogP contribution >= 0.6 is 23.2 Å². The average molecular weight is 380 g/mol. The van der Waals surface area contributed by atoms with Gasteiger partial charge in [0.25, 0.3) is 0 Å². The third-order valence-electron chi connectivity index (χ3n) is 4.01. The highest BCUT2D eigenvalue weighted by atomic mass is 35.5. The van der Waals surface area contributed by atoms with E-state index in [0.717, 1.165) is 11.1 Å². The molecule has 1 amide bonds. The number of hydrazine groups is 1. The Hall–Kier alpha value is -2.08. The monoisotopic (exact) mass is 379 g/mol. The van der Waals surface area contributed by atoms with Gasteiger partial charge in [-0.1, -0.05) is 47.5 Å². The summed E-state index contributed by atoms with van der Waals surface area (Å²) in [5, 5.41) is 4.91. The molecule has 0 aromatic heterocycles. The van der Waals surface area contributed by atoms with E-state index in [2.05, 4.69) is 10.7 Å². The molecule has 7 heteroatoms. The van der Waals surface area contributed by atoms with Crippen LogP contribution in [0.3, 0.4) is 0 Å². The van der Waals surface area contributed by atoms with Gasteiger partial charge in [-0.05, 0) is 30.7 Å². The number of carbonyl (C=O) groups is 1. The molecular formula is C18H16Cl2FN3O. The van der Waals surface area contributed by atoms with Crippen molar-refractivity contribution >= 4 is 34.8 Å². The summed E-state index contributed by atoms with van der Waals surface area (Å²) < 4.78 is 13.7. The van der Waals surface area contributed by atoms with Gasteiger partial charge in [0.2, 0.25) is 11.9 Å². The van der Waals surface area contributed by atoms with Crippen LogP contribution in [0.25, 0.3) is 11.1 Å². The van der Waals surface area contributed by atoms with E-state index in [0.29, 0.717) is 15.7 Å². The van der Waals surface area contributed by atoms with Crippen LogP contribution in [0.2, 0.25) is 10.0 Å². The zero-order valence-electron chi connectivity index (χ0n) is 13.6. The van der Waals surface area contributed by atoms with Gasteiger partial charge in [0.15, 0.2) is 0 Å². The third-order valence-corrected chi connectivity index (χ3v) is 4.74. The number of nitrogens with one attached hydrogen (secondary N) is 2. The van der Waals surface area contributed by atoms with Crippen molar-refractivity contribution < 1.29 is 9.18 Å². The number of benzene rings is 2. The van der Waals surface area contributed by atoms with Gasteiger partial charge in [-0.2, -0.15) is 4.39 Å². The van der Waals surface area contributed by atoms with Crippen molar-refractivity contribution in [2.24, 2.45) is 0 Å². The molecule has 2 aromatic rings. The van der Waals surface area contributed by atoms with Gasteiger partial charge in [0.05, 0.1) is 10.0 Å². The number of anilines is 1. The summed E-state index contributed by atoms with van der Waals surface area (Å²) in [5.41, 5.74) is 3.81. The molecule has 4 nitrogen and oxygen atoms in total. The fourth-order valence-corrected chi connectivity index (χ4v) is 2.94. The highest BCUT2D eigenvalue weighted by Crippen LogP contribution is 2.33. The molecule has 1 unspecified atom stereocenters. The Kier molecular flexibility index (Phi) is 4.73. The molecule has 1 aliphatic heterocycles. The number of rotatable bonds is 3. The summed E-state index contributed by atoms with van der Waals surface area (Å²) in [6.45, 7) is 1.60. The van der Waals surface area contributed by atoms with E-state index in [-0.39, 0.29) is 5.91 Å². The second kappa shape index (κ2) is 6.67. The van der Waals surface area contributed by atoms with Crippen molar-refractivity contribution in [3.05, 3.63) is 64.5 Å². The fraction of sp³-hybridized carbons (Fsp3) is 0.167. The Morgan fingerprint density at radius 1 is 1.20 bits per heavy atom. The molecule has 0 saturated heterocycles. The van der Waals surface area contributed by atoms with E-state index in [9.17, 15) is 9.18 Å². The van der Waals surface area contributed by atoms with E-state index in [4.69, 9.17) is 23.2 Å². The van der Waals surface area contributed by atoms with Crippen molar-refractivity contribution in [2.45, 2.75) is 12.5 Å². The summed E-state index contributed by atoms with van der Waals surface area (Å²) in [6.07, 6.45) is 1.24. The predicted molar refractivity (Wildman–Crippen MR) is 99.0 cm³/mol. The van der Waals surface area contributed by atoms with E-state index in [1.54, 1.807) is 25.1 Å². The molecule has 0 bridgehead atoms. The normalized spacial score (nSPS) is 19.7. The number of carbonyl (C=O) groups excluding carboxylic acids is 1. The maximum atomic E-state index is 13.7. The van der Waals surface area contributed by atoms with Crippen LogP contribution in [-0.4, -0.2) is 23.5 Å². The van der Waals surface area contributed by atoms with Crippen molar-refractivity contribution in [2.75, 3.05) is 12.4 Å². The molecule has 3 rings (SSSR count). The van der Waals surface area contributed by atoms with Gasteiger partial charge in [0.1, 0.15) is 5.54 Å². The molecular weight excluding hydrogens is 364 g/mol. The number of hydrogen-bond donors (Lipinski definition) is 2. The Bertz CT molecular complexity index is 871. The first kappa shape index (κ1) is 17.7. The summed E-state index contributed by atoms with van der Waals surface area (Å²) in [4.78, 5) is 12.7. The summed E-state index contributed by atoms with van der Waals surface area (Å²) in [7, 11) is 1.51. The lowest BCUT2D eigenvalue weighted by Crippen LogP contribution is -2.51. The molecule has 0 aliphatic carbocycles. The molecule has 1 atom stereocenters. The zero-order chi connectivity index (χ0) is 18.2. The highest BCUT2D eigenvalue weighted by Gasteiger charge is 2.38. The van der Waals surface area contributed by atoms with E-state index in [1.165, 1.54) is 18.1 Å². The van der Waals surface area contributed by atoms with Gasteiger partial charge in [0, 0.05) is 24.4 Å². The largest absolute Gasteiger partial charge is 0.324 e. The summed E-state index contributed by atoms with van der Waals surface area (Å²) in [5.74, 6) is -0.880. The first-order valence-electron chi connectivity index (χ1n) is 7.56. The van der Waals surface area contributed by atoms with Crippen LogP contribution in [0.4, 0.5) is 10.1 Å². The molecule has 0 radical (unpaired) electrons. The topological polar surface area (TPSA) is 44.4 Å². The molecule has 2 aromatic carbocycles. The molecule has 0 saturated carbocycles. The lowest BCUT2D eigenvalue weighted by Gasteiger charge is -2.24. The molecule has 1 aliphatic rings. The highest BCUT2D eigenvalue weighted by molar-refractivity contribution is 6.42. The van der Waals surface area contributed by atoms with Crippen molar-refractivity contribution in [3.8, 4) is 11.1 Å². The molecule has 2 N–H and O–H groups in total. The minimum atomic E-state index is -1.18. The van der Waals surface area contributed by atoms with Crippen LogP contribution in [-0.2, 0) is 4.79 Å². The van der Waals surface area contributed by atoms with Crippen LogP contribution < -0.4 is 10.7 Å². The van der Waals surface area contributed by atoms with Crippen LogP contribution in [0.5, 0.6) is 0 Å². The Labute approximate surface area is 155 Å². The molecule has 0 spiro atoms. The number of hydrogen-bond acceptors (Lipinski definition) is 3. The summed E-state index contributed by atoms with van der Waals surface area (Å²) >= 11 is 12.1. The zero-order valence-corrected chi connectivity index (χ0v) is 15.1. The van der Waals surface area contributed by atoms with Gasteiger partial charge in [-0.3, -0.25) is 9.80 Å².